The summed E-state index contributed by atoms with van der Waals surface area (Å²) >= 11 is 0. The summed E-state index contributed by atoms with van der Waals surface area (Å²) in [5.41, 5.74) is 4.63. The maximum absolute atomic E-state index is 14.7. The van der Waals surface area contributed by atoms with E-state index in [1.165, 1.54) is 12.0 Å². The molecular formula is C42H50FN7O5. The number of likely N-dealkylation sites (tertiary alicyclic amines) is 2. The number of H-pyrrole nitrogens is 2. The van der Waals surface area contributed by atoms with Crippen LogP contribution in [0.2, 0.25) is 0 Å². The van der Waals surface area contributed by atoms with Gasteiger partial charge in [0.15, 0.2) is 0 Å². The van der Waals surface area contributed by atoms with Gasteiger partial charge in [-0.25, -0.2) is 19.2 Å². The largest absolute Gasteiger partial charge is 0.453 e. The average molecular weight is 752 g/mol. The maximum Gasteiger partial charge on any atom is 0.407 e. The van der Waals surface area contributed by atoms with Crippen LogP contribution in [0.1, 0.15) is 95.2 Å². The molecule has 55 heavy (non-hydrogen) atoms. The van der Waals surface area contributed by atoms with Gasteiger partial charge in [0, 0.05) is 36.5 Å². The summed E-state index contributed by atoms with van der Waals surface area (Å²) in [7, 11) is 1.23. The molecule has 3 aliphatic rings. The summed E-state index contributed by atoms with van der Waals surface area (Å²) in [4.78, 5) is 58.8. The minimum Gasteiger partial charge on any atom is -0.453 e. The highest BCUT2D eigenvalue weighted by atomic mass is 19.1. The molecule has 3 N–H and O–H groups in total. The lowest BCUT2D eigenvalue weighted by atomic mass is 9.96. The molecule has 3 fully saturated rings. The van der Waals surface area contributed by atoms with Crippen molar-refractivity contribution >= 4 is 28.9 Å². The van der Waals surface area contributed by atoms with E-state index in [0.717, 1.165) is 65.1 Å². The molecule has 0 aliphatic carbocycles. The number of fused-ring (bicyclic) bond motifs is 1. The smallest absolute Gasteiger partial charge is 0.407 e. The maximum atomic E-state index is 14.7. The first-order valence-corrected chi connectivity index (χ1v) is 19.2. The highest BCUT2D eigenvalue weighted by molar-refractivity contribution is 5.86. The Morgan fingerprint density at radius 2 is 1.71 bits per heavy atom. The number of rotatable bonds is 8. The van der Waals surface area contributed by atoms with Crippen LogP contribution < -0.4 is 5.32 Å². The molecule has 5 heterocycles. The quantitative estimate of drug-likeness (QED) is 0.175. The van der Waals surface area contributed by atoms with Gasteiger partial charge in [0.1, 0.15) is 23.9 Å². The third-order valence-electron chi connectivity index (χ3n) is 11.5. The number of amides is 3. The number of hydrogen-bond acceptors (Lipinski definition) is 7. The molecule has 1 spiro atoms. The first-order valence-electron chi connectivity index (χ1n) is 19.2. The van der Waals surface area contributed by atoms with Gasteiger partial charge in [0.25, 0.3) is 0 Å². The van der Waals surface area contributed by atoms with Crippen molar-refractivity contribution < 1.29 is 28.2 Å². The Balaban J connectivity index is 1.05. The number of ether oxygens (including phenoxy) is 2. The molecule has 12 nitrogen and oxygen atoms in total. The number of benzene rings is 2. The van der Waals surface area contributed by atoms with Gasteiger partial charge >= 0.3 is 6.09 Å². The van der Waals surface area contributed by atoms with Crippen molar-refractivity contribution in [1.82, 2.24) is 35.1 Å². The fourth-order valence-corrected chi connectivity index (χ4v) is 7.97. The van der Waals surface area contributed by atoms with Gasteiger partial charge in [-0.15, -0.1) is 0 Å². The van der Waals surface area contributed by atoms with E-state index in [1.807, 2.05) is 68.1 Å². The Labute approximate surface area is 321 Å². The number of alkyl halides is 1. The second-order valence-electron chi connectivity index (χ2n) is 15.9. The zero-order chi connectivity index (χ0) is 39.0. The van der Waals surface area contributed by atoms with E-state index in [1.54, 1.807) is 6.20 Å². The normalized spacial score (nSPS) is 23.4. The Bertz CT molecular complexity index is 2110. The Morgan fingerprint density at radius 1 is 0.964 bits per heavy atom. The molecule has 6 atom stereocenters. The number of hydrogen-bond donors (Lipinski definition) is 3. The number of carbonyl (C=O) groups excluding carboxylic acids is 3. The molecule has 3 aliphatic heterocycles. The summed E-state index contributed by atoms with van der Waals surface area (Å²) in [6.45, 7) is 11.0. The molecule has 0 unspecified atom stereocenters. The molecule has 3 amide bonds. The number of carbonyl (C=O) groups is 3. The van der Waals surface area contributed by atoms with Gasteiger partial charge in [0.2, 0.25) is 11.8 Å². The van der Waals surface area contributed by atoms with Crippen LogP contribution in [0.5, 0.6) is 0 Å². The number of nitrogens with zero attached hydrogens (tertiary/aromatic N) is 4. The molecule has 0 saturated carbocycles. The SMILES string of the molecule is COC(=O)N[C@H](C(=O)N1C[C@@H](F)C[C@H]1c1ncc(-c2ccc(C#Cc3ccc4nc([C@@H]5C[C@@]6(CCCO6)CN5C(=O)[C@@H](C)C(C)C)[nH]c4c3)cc2)[nH]1)C(C)C. The first kappa shape index (κ1) is 38.1. The zero-order valence-corrected chi connectivity index (χ0v) is 32.3. The monoisotopic (exact) mass is 751 g/mol. The van der Waals surface area contributed by atoms with E-state index < -0.39 is 24.3 Å². The second-order valence-corrected chi connectivity index (χ2v) is 15.9. The van der Waals surface area contributed by atoms with E-state index >= 15 is 0 Å². The summed E-state index contributed by atoms with van der Waals surface area (Å²) in [5.74, 6) is 7.46. The van der Waals surface area contributed by atoms with Gasteiger partial charge in [-0.1, -0.05) is 58.6 Å². The Hall–Kier alpha value is -5.22. The van der Waals surface area contributed by atoms with Gasteiger partial charge < -0.3 is 34.6 Å². The number of halogens is 1. The summed E-state index contributed by atoms with van der Waals surface area (Å²) in [6, 6.07) is 12.0. The third-order valence-corrected chi connectivity index (χ3v) is 11.5. The summed E-state index contributed by atoms with van der Waals surface area (Å²) < 4.78 is 25.7. The molecule has 0 radical (unpaired) electrons. The lowest BCUT2D eigenvalue weighted by Gasteiger charge is -2.29. The van der Waals surface area contributed by atoms with Crippen LogP contribution in [0.4, 0.5) is 9.18 Å². The lowest BCUT2D eigenvalue weighted by molar-refractivity contribution is -0.138. The standard InChI is InChI=1S/C42H50FN7O5/c1-24(2)26(5)39(51)50-23-42(16-7-17-55-42)20-35(50)38-45-31-15-12-28(18-32(31)46-38)9-8-27-10-13-29(14-11-27)33-21-44-37(47-33)34-19-30(43)22-49(34)40(52)36(25(3)4)48-41(53)54-6/h10-15,18,21,24-26,30,34-36H,7,16-17,19-20,22-23H2,1-6H3,(H,44,47)(H,45,46)(H,48,53)/t26-,30-,34-,35-,36-,42-/m0/s1. The number of nitrogens with one attached hydrogen (secondary N) is 3. The summed E-state index contributed by atoms with van der Waals surface area (Å²) in [5, 5.41) is 2.59. The van der Waals surface area contributed by atoms with Crippen LogP contribution in [0.25, 0.3) is 22.3 Å². The van der Waals surface area contributed by atoms with Crippen LogP contribution in [0, 0.1) is 29.6 Å². The van der Waals surface area contributed by atoms with Crippen LogP contribution in [0.3, 0.4) is 0 Å². The molecule has 3 saturated heterocycles. The third kappa shape index (κ3) is 7.83. The fraction of sp³-hybridized carbons (Fsp3) is 0.500. The van der Waals surface area contributed by atoms with Crippen molar-refractivity contribution in [2.75, 3.05) is 26.8 Å². The van der Waals surface area contributed by atoms with Crippen LogP contribution in [-0.2, 0) is 19.1 Å². The molecule has 2 aromatic carbocycles. The van der Waals surface area contributed by atoms with Gasteiger partial charge in [-0.3, -0.25) is 9.59 Å². The number of imidazole rings is 2. The van der Waals surface area contributed by atoms with E-state index in [9.17, 15) is 18.8 Å². The first-order chi connectivity index (χ1) is 26.3. The Kier molecular flexibility index (Phi) is 10.7. The van der Waals surface area contributed by atoms with Crippen molar-refractivity contribution in [2.45, 2.75) is 90.2 Å². The molecule has 0 bridgehead atoms. The lowest BCUT2D eigenvalue weighted by Crippen LogP contribution is -2.51. The molecular weight excluding hydrogens is 702 g/mol. The van der Waals surface area contributed by atoms with Crippen LogP contribution in [-0.4, -0.2) is 92.3 Å². The number of aromatic amines is 2. The van der Waals surface area contributed by atoms with Crippen LogP contribution >= 0.6 is 0 Å². The number of aromatic nitrogens is 4. The molecule has 13 heteroatoms. The molecule has 7 rings (SSSR count). The average Bonchev–Trinajstić information content (AvgIpc) is 4.03. The van der Waals surface area contributed by atoms with Gasteiger partial charge in [-0.05, 0) is 60.6 Å². The van der Waals surface area contributed by atoms with Gasteiger partial charge in [0.05, 0.1) is 60.8 Å². The van der Waals surface area contributed by atoms with Gasteiger partial charge in [-0.2, -0.15) is 0 Å². The van der Waals surface area contributed by atoms with Crippen molar-refractivity contribution in [3.05, 3.63) is 71.4 Å². The highest BCUT2D eigenvalue weighted by Gasteiger charge is 2.50. The minimum absolute atomic E-state index is 0.0819. The van der Waals surface area contributed by atoms with Crippen molar-refractivity contribution in [3.63, 3.8) is 0 Å². The summed E-state index contributed by atoms with van der Waals surface area (Å²) in [6.07, 6.45) is 2.54. The fourth-order valence-electron chi connectivity index (χ4n) is 7.97. The Morgan fingerprint density at radius 3 is 2.40 bits per heavy atom. The second kappa shape index (κ2) is 15.5. The predicted molar refractivity (Wildman–Crippen MR) is 205 cm³/mol. The topological polar surface area (TPSA) is 146 Å². The minimum atomic E-state index is -1.21. The molecule has 290 valence electrons. The van der Waals surface area contributed by atoms with Crippen molar-refractivity contribution in [3.8, 4) is 23.1 Å². The van der Waals surface area contributed by atoms with E-state index in [4.69, 9.17) is 14.5 Å². The zero-order valence-electron chi connectivity index (χ0n) is 32.3. The number of methoxy groups -OCH3 is 1. The molecule has 2 aromatic heterocycles. The van der Waals surface area contributed by atoms with Crippen LogP contribution in [0.15, 0.2) is 48.7 Å². The molecule has 4 aromatic rings. The predicted octanol–water partition coefficient (Wildman–Crippen LogP) is 6.46. The van der Waals surface area contributed by atoms with E-state index in [0.29, 0.717) is 12.4 Å². The van der Waals surface area contributed by atoms with Crippen molar-refractivity contribution in [2.24, 2.45) is 17.8 Å². The highest BCUT2D eigenvalue weighted by Crippen LogP contribution is 2.45. The number of alkyl carbamates (subject to hydrolysis) is 1. The van der Waals surface area contributed by atoms with Crippen molar-refractivity contribution in [1.29, 1.82) is 0 Å². The van der Waals surface area contributed by atoms with E-state index in [-0.39, 0.29) is 54.2 Å². The van der Waals surface area contributed by atoms with E-state index in [2.05, 4.69) is 46.0 Å².